The Kier molecular flexibility index (Phi) is 5.24. The van der Waals surface area contributed by atoms with Crippen molar-refractivity contribution in [1.29, 1.82) is 0 Å². The van der Waals surface area contributed by atoms with E-state index in [1.165, 1.54) is 6.33 Å². The molecule has 0 aromatic carbocycles. The van der Waals surface area contributed by atoms with E-state index in [-0.39, 0.29) is 17.8 Å². The second-order valence-corrected chi connectivity index (χ2v) is 11.7. The minimum absolute atomic E-state index is 0.164. The van der Waals surface area contributed by atoms with Gasteiger partial charge in [-0.2, -0.15) is 0 Å². The van der Waals surface area contributed by atoms with Gasteiger partial charge in [0.05, 0.1) is 18.5 Å². The topological polar surface area (TPSA) is 144 Å². The van der Waals surface area contributed by atoms with Crippen LogP contribution in [0.2, 0.25) is 0 Å². The molecule has 0 radical (unpaired) electrons. The minimum Gasteiger partial charge on any atom is -0.382 e. The van der Waals surface area contributed by atoms with Crippen molar-refractivity contribution in [2.45, 2.75) is 77.6 Å². The first kappa shape index (κ1) is 22.6. The van der Waals surface area contributed by atoms with E-state index in [0.29, 0.717) is 17.6 Å². The van der Waals surface area contributed by atoms with Crippen LogP contribution in [-0.4, -0.2) is 54.4 Å². The summed E-state index contributed by atoms with van der Waals surface area (Å²) in [6.07, 6.45) is 1.27. The molecule has 11 nitrogen and oxygen atoms in total. The summed E-state index contributed by atoms with van der Waals surface area (Å²) >= 11 is 0. The van der Waals surface area contributed by atoms with Gasteiger partial charge in [-0.3, -0.25) is 13.6 Å². The van der Waals surface area contributed by atoms with E-state index in [1.54, 1.807) is 31.7 Å². The molecule has 1 unspecified atom stereocenters. The highest BCUT2D eigenvalue weighted by atomic mass is 31.2. The lowest BCUT2D eigenvalue weighted by Gasteiger charge is -2.37. The molecular weight excluding hydrogens is 425 g/mol. The molecule has 31 heavy (non-hydrogen) atoms. The molecule has 4 rings (SSSR count). The Balaban J connectivity index is 1.72. The fourth-order valence-electron chi connectivity index (χ4n) is 4.38. The molecule has 2 aliphatic rings. The summed E-state index contributed by atoms with van der Waals surface area (Å²) in [5.41, 5.74) is 4.87. The summed E-state index contributed by atoms with van der Waals surface area (Å²) in [6.45, 7) is 11.5. The predicted molar refractivity (Wildman–Crippen MR) is 112 cm³/mol. The number of phosphoric acid groups is 1. The molecule has 2 aromatic rings. The number of fused-ring (bicyclic) bond motifs is 3. The molecule has 0 spiro atoms. The molecule has 3 N–H and O–H groups in total. The molecular formula is C19H30N5O6P. The molecule has 2 bridgehead atoms. The third kappa shape index (κ3) is 4.35. The van der Waals surface area contributed by atoms with E-state index < -0.39 is 37.5 Å². The van der Waals surface area contributed by atoms with Crippen molar-refractivity contribution in [3.05, 3.63) is 12.7 Å². The van der Waals surface area contributed by atoms with Crippen molar-refractivity contribution in [1.82, 2.24) is 19.5 Å². The Bertz CT molecular complexity index is 1030. The first-order valence-electron chi connectivity index (χ1n) is 10.1. The molecule has 2 aliphatic heterocycles. The lowest BCUT2D eigenvalue weighted by molar-refractivity contribution is -0.182. The highest BCUT2D eigenvalue weighted by Crippen LogP contribution is 2.58. The van der Waals surface area contributed by atoms with Crippen LogP contribution in [0.1, 0.15) is 54.2 Å². The van der Waals surface area contributed by atoms with Crippen LogP contribution in [0.25, 0.3) is 11.2 Å². The summed E-state index contributed by atoms with van der Waals surface area (Å²) in [5, 5.41) is 0. The normalized spacial score (nSPS) is 30.7. The van der Waals surface area contributed by atoms with Gasteiger partial charge in [0, 0.05) is 0 Å². The number of hydrogen-bond acceptors (Lipinski definition) is 9. The fourth-order valence-corrected chi connectivity index (χ4v) is 5.71. The first-order valence-corrected chi connectivity index (χ1v) is 11.6. The Morgan fingerprint density at radius 3 is 2.65 bits per heavy atom. The van der Waals surface area contributed by atoms with Crippen molar-refractivity contribution >= 4 is 24.8 Å². The maximum atomic E-state index is 12.8. The molecule has 2 aromatic heterocycles. The van der Waals surface area contributed by atoms with Crippen molar-refractivity contribution in [3.63, 3.8) is 0 Å². The van der Waals surface area contributed by atoms with Crippen LogP contribution in [0, 0.1) is 5.41 Å². The van der Waals surface area contributed by atoms with Gasteiger partial charge >= 0.3 is 7.82 Å². The number of nitrogens with zero attached hydrogens (tertiary/aromatic N) is 4. The van der Waals surface area contributed by atoms with Gasteiger partial charge in [0.25, 0.3) is 0 Å². The second kappa shape index (κ2) is 7.19. The van der Waals surface area contributed by atoms with E-state index in [0.717, 1.165) is 0 Å². The van der Waals surface area contributed by atoms with Gasteiger partial charge < -0.3 is 20.1 Å². The smallest absolute Gasteiger partial charge is 0.382 e. The predicted octanol–water partition coefficient (Wildman–Crippen LogP) is 2.81. The standard InChI is InChI=1S/C19H30N5O6P/c1-17(2,3)7-19-8-27-12(13(19)29-31(25,26)30-18(4,5)6)16(28-19)24-10-23-11-14(20)21-9-22-15(11)24/h9-10,12-13,16H,7-8H2,1-6H3,(H,25,26)(H2,20,21,22)/t12-,13+,16-,19+/m1/s1. The van der Waals surface area contributed by atoms with Gasteiger partial charge in [0.1, 0.15) is 29.7 Å². The number of ether oxygens (including phenoxy) is 2. The first-order chi connectivity index (χ1) is 14.2. The number of nitrogen functional groups attached to an aromatic ring is 1. The largest absolute Gasteiger partial charge is 0.473 e. The van der Waals surface area contributed by atoms with E-state index in [2.05, 4.69) is 35.7 Å². The van der Waals surface area contributed by atoms with Crippen LogP contribution < -0.4 is 5.73 Å². The molecule has 0 amide bonds. The molecule has 4 heterocycles. The molecule has 2 saturated heterocycles. The van der Waals surface area contributed by atoms with Gasteiger partial charge in [0.2, 0.25) is 0 Å². The van der Waals surface area contributed by atoms with Crippen LogP contribution in [0.15, 0.2) is 12.7 Å². The Labute approximate surface area is 180 Å². The summed E-state index contributed by atoms with van der Waals surface area (Å²) in [4.78, 5) is 23.0. The second-order valence-electron chi connectivity index (χ2n) is 10.4. The van der Waals surface area contributed by atoms with Crippen LogP contribution in [0.3, 0.4) is 0 Å². The zero-order chi connectivity index (χ0) is 22.8. The van der Waals surface area contributed by atoms with Gasteiger partial charge in [-0.25, -0.2) is 19.5 Å². The average molecular weight is 455 g/mol. The number of nitrogens with two attached hydrogens (primary N) is 1. The molecule has 12 heteroatoms. The molecule has 172 valence electrons. The quantitative estimate of drug-likeness (QED) is 0.646. The number of rotatable bonds is 5. The third-order valence-corrected chi connectivity index (χ3v) is 6.37. The Hall–Kier alpha value is -1.62. The zero-order valence-electron chi connectivity index (χ0n) is 18.6. The fraction of sp³-hybridized carbons (Fsp3) is 0.737. The highest BCUT2D eigenvalue weighted by molar-refractivity contribution is 7.47. The van der Waals surface area contributed by atoms with Crippen molar-refractivity contribution in [2.24, 2.45) is 5.41 Å². The van der Waals surface area contributed by atoms with E-state index in [1.807, 2.05) is 0 Å². The van der Waals surface area contributed by atoms with E-state index in [4.69, 9.17) is 24.3 Å². The molecule has 0 saturated carbocycles. The van der Waals surface area contributed by atoms with Gasteiger partial charge in [-0.05, 0) is 32.6 Å². The lowest BCUT2D eigenvalue weighted by atomic mass is 9.80. The van der Waals surface area contributed by atoms with Gasteiger partial charge in [-0.15, -0.1) is 0 Å². The average Bonchev–Trinajstić information content (AvgIpc) is 3.21. The minimum atomic E-state index is -4.40. The zero-order valence-corrected chi connectivity index (χ0v) is 19.5. The van der Waals surface area contributed by atoms with E-state index >= 15 is 0 Å². The highest BCUT2D eigenvalue weighted by Gasteiger charge is 2.65. The Morgan fingerprint density at radius 2 is 2.00 bits per heavy atom. The molecule has 2 fully saturated rings. The molecule has 5 atom stereocenters. The third-order valence-electron chi connectivity index (χ3n) is 5.10. The van der Waals surface area contributed by atoms with Crippen molar-refractivity contribution in [3.8, 4) is 0 Å². The number of anilines is 1. The SMILES string of the molecule is CC(C)(C)C[C@@]12CO[C@@H]([C@H](n3cnc4c(N)ncnc43)O1)[C@@H]2OP(=O)(O)OC(C)(C)C. The monoisotopic (exact) mass is 455 g/mol. The van der Waals surface area contributed by atoms with Gasteiger partial charge in [-0.1, -0.05) is 20.8 Å². The van der Waals surface area contributed by atoms with Crippen molar-refractivity contribution < 1.29 is 28.0 Å². The van der Waals surface area contributed by atoms with Crippen molar-refractivity contribution in [2.75, 3.05) is 12.3 Å². The summed E-state index contributed by atoms with van der Waals surface area (Å²) in [6, 6.07) is 0. The van der Waals surface area contributed by atoms with Gasteiger partial charge in [0.15, 0.2) is 17.7 Å². The Morgan fingerprint density at radius 1 is 1.29 bits per heavy atom. The summed E-state index contributed by atoms with van der Waals surface area (Å²) in [7, 11) is -4.40. The number of imidazole rings is 1. The van der Waals surface area contributed by atoms with E-state index in [9.17, 15) is 9.46 Å². The maximum absolute atomic E-state index is 12.8. The number of aromatic nitrogens is 4. The molecule has 0 aliphatic carbocycles. The van der Waals surface area contributed by atoms with Crippen LogP contribution in [-0.2, 0) is 23.1 Å². The number of phosphoric ester groups is 1. The van der Waals surface area contributed by atoms with Crippen LogP contribution in [0.5, 0.6) is 0 Å². The van der Waals surface area contributed by atoms with Crippen LogP contribution >= 0.6 is 7.82 Å². The van der Waals surface area contributed by atoms with Crippen LogP contribution in [0.4, 0.5) is 5.82 Å². The summed E-state index contributed by atoms with van der Waals surface area (Å²) in [5.74, 6) is 0.253. The maximum Gasteiger partial charge on any atom is 0.473 e. The summed E-state index contributed by atoms with van der Waals surface area (Å²) < 4.78 is 38.1. The lowest BCUT2D eigenvalue weighted by Crippen LogP contribution is -2.44. The number of hydrogen-bond donors (Lipinski definition) is 2.